The Labute approximate surface area is 151 Å². The molecule has 0 radical (unpaired) electrons. The predicted molar refractivity (Wildman–Crippen MR) is 98.1 cm³/mol. The molecule has 3 aromatic rings. The molecule has 136 valence electrons. The number of amides is 1. The number of rotatable bonds is 5. The molecule has 7 nitrogen and oxygen atoms in total. The molecule has 7 heteroatoms. The molecule has 0 fully saturated rings. The van der Waals surface area contributed by atoms with Gasteiger partial charge in [0.2, 0.25) is 0 Å². The number of ether oxygens (including phenoxy) is 2. The largest absolute Gasteiger partial charge is 0.497 e. The number of nitrogens with zero attached hydrogens (tertiary/aromatic N) is 2. The van der Waals surface area contributed by atoms with Crippen LogP contribution in [-0.4, -0.2) is 30.3 Å². The van der Waals surface area contributed by atoms with E-state index in [0.29, 0.717) is 39.5 Å². The maximum atomic E-state index is 13.0. The molecule has 0 unspecified atom stereocenters. The smallest absolute Gasteiger partial charge is 0.259 e. The van der Waals surface area contributed by atoms with Gasteiger partial charge >= 0.3 is 0 Å². The SMILES string of the molecule is COc1ccc(OC)c(NC(=O)c2cc(C(C)C)nc3onc(C)c23)c1. The van der Waals surface area contributed by atoms with Gasteiger partial charge in [0.25, 0.3) is 11.6 Å². The van der Waals surface area contributed by atoms with Gasteiger partial charge in [0.1, 0.15) is 11.5 Å². The van der Waals surface area contributed by atoms with Crippen LogP contribution in [0.2, 0.25) is 0 Å². The van der Waals surface area contributed by atoms with E-state index in [2.05, 4.69) is 15.5 Å². The summed E-state index contributed by atoms with van der Waals surface area (Å²) in [5.41, 5.74) is 2.71. The second kappa shape index (κ2) is 7.03. The summed E-state index contributed by atoms with van der Waals surface area (Å²) >= 11 is 0. The Morgan fingerprint density at radius 2 is 1.96 bits per heavy atom. The normalized spacial score (nSPS) is 11.0. The Bertz CT molecular complexity index is 963. The first-order valence-corrected chi connectivity index (χ1v) is 8.25. The number of hydrogen-bond donors (Lipinski definition) is 1. The maximum Gasteiger partial charge on any atom is 0.259 e. The Morgan fingerprint density at radius 3 is 2.62 bits per heavy atom. The van der Waals surface area contributed by atoms with E-state index in [0.717, 1.165) is 5.69 Å². The van der Waals surface area contributed by atoms with Crippen molar-refractivity contribution in [1.29, 1.82) is 0 Å². The van der Waals surface area contributed by atoms with E-state index >= 15 is 0 Å². The number of aryl methyl sites for hydroxylation is 1. The van der Waals surface area contributed by atoms with Crippen LogP contribution in [0.4, 0.5) is 5.69 Å². The number of benzene rings is 1. The standard InChI is InChI=1S/C19H21N3O4/c1-10(2)14-9-13(17-11(3)22-26-19(17)21-14)18(23)20-15-8-12(24-4)6-7-16(15)25-5/h6-10H,1-5H3,(H,20,23). The van der Waals surface area contributed by atoms with Crippen LogP contribution in [-0.2, 0) is 0 Å². The average molecular weight is 355 g/mol. The number of pyridine rings is 1. The zero-order valence-electron chi connectivity index (χ0n) is 15.4. The molecule has 0 saturated heterocycles. The number of nitrogens with one attached hydrogen (secondary N) is 1. The van der Waals surface area contributed by atoms with Crippen LogP contribution in [0.25, 0.3) is 11.1 Å². The molecule has 0 aliphatic carbocycles. The van der Waals surface area contributed by atoms with Crippen molar-refractivity contribution in [2.45, 2.75) is 26.7 Å². The third-order valence-electron chi connectivity index (χ3n) is 4.13. The van der Waals surface area contributed by atoms with Gasteiger partial charge in [0.15, 0.2) is 0 Å². The van der Waals surface area contributed by atoms with Crippen LogP contribution >= 0.6 is 0 Å². The van der Waals surface area contributed by atoms with Crippen molar-refractivity contribution in [1.82, 2.24) is 10.1 Å². The third kappa shape index (κ3) is 3.20. The van der Waals surface area contributed by atoms with Crippen LogP contribution in [0.5, 0.6) is 11.5 Å². The van der Waals surface area contributed by atoms with E-state index in [1.807, 2.05) is 13.8 Å². The van der Waals surface area contributed by atoms with Crippen LogP contribution in [0, 0.1) is 6.92 Å². The minimum atomic E-state index is -0.294. The molecule has 0 spiro atoms. The molecule has 0 aliphatic rings. The molecule has 0 atom stereocenters. The first-order chi connectivity index (χ1) is 12.4. The molecule has 0 bridgehead atoms. The number of methoxy groups -OCH3 is 2. The number of anilines is 1. The molecule has 0 aliphatic heterocycles. The lowest BCUT2D eigenvalue weighted by molar-refractivity contribution is 0.102. The molecule has 2 aromatic heterocycles. The number of aromatic nitrogens is 2. The van der Waals surface area contributed by atoms with E-state index in [1.54, 1.807) is 45.4 Å². The van der Waals surface area contributed by atoms with E-state index in [4.69, 9.17) is 14.0 Å². The highest BCUT2D eigenvalue weighted by molar-refractivity contribution is 6.12. The van der Waals surface area contributed by atoms with Gasteiger partial charge in [-0.2, -0.15) is 0 Å². The van der Waals surface area contributed by atoms with Gasteiger partial charge in [0.05, 0.1) is 36.6 Å². The lowest BCUT2D eigenvalue weighted by Crippen LogP contribution is -2.14. The lowest BCUT2D eigenvalue weighted by Gasteiger charge is -2.13. The van der Waals surface area contributed by atoms with Crippen molar-refractivity contribution >= 4 is 22.7 Å². The monoisotopic (exact) mass is 355 g/mol. The van der Waals surface area contributed by atoms with Gasteiger partial charge in [-0.1, -0.05) is 19.0 Å². The summed E-state index contributed by atoms with van der Waals surface area (Å²) in [5.74, 6) is 1.00. The third-order valence-corrected chi connectivity index (χ3v) is 4.13. The summed E-state index contributed by atoms with van der Waals surface area (Å²) in [7, 11) is 3.11. The second-order valence-electron chi connectivity index (χ2n) is 6.22. The minimum absolute atomic E-state index is 0.141. The first kappa shape index (κ1) is 17.7. The Morgan fingerprint density at radius 1 is 1.19 bits per heavy atom. The van der Waals surface area contributed by atoms with Gasteiger partial charge in [-0.15, -0.1) is 0 Å². The fraction of sp³-hybridized carbons (Fsp3) is 0.316. The van der Waals surface area contributed by atoms with Crippen LogP contribution < -0.4 is 14.8 Å². The molecule has 0 saturated carbocycles. The van der Waals surface area contributed by atoms with Crippen molar-refractivity contribution in [3.8, 4) is 11.5 Å². The molecule has 3 rings (SSSR count). The van der Waals surface area contributed by atoms with E-state index in [9.17, 15) is 4.79 Å². The number of fused-ring (bicyclic) bond motifs is 1. The molecule has 26 heavy (non-hydrogen) atoms. The molecule has 1 N–H and O–H groups in total. The van der Waals surface area contributed by atoms with Crippen LogP contribution in [0.3, 0.4) is 0 Å². The molecular weight excluding hydrogens is 334 g/mol. The minimum Gasteiger partial charge on any atom is -0.497 e. The second-order valence-corrected chi connectivity index (χ2v) is 6.22. The molecular formula is C19H21N3O4. The average Bonchev–Trinajstić information content (AvgIpc) is 3.01. The Balaban J connectivity index is 2.07. The highest BCUT2D eigenvalue weighted by Gasteiger charge is 2.21. The van der Waals surface area contributed by atoms with Crippen molar-refractivity contribution in [2.24, 2.45) is 0 Å². The fourth-order valence-corrected chi connectivity index (χ4v) is 2.69. The van der Waals surface area contributed by atoms with Crippen molar-refractivity contribution in [3.05, 3.63) is 41.2 Å². The number of hydrogen-bond acceptors (Lipinski definition) is 6. The van der Waals surface area contributed by atoms with Crippen molar-refractivity contribution in [3.63, 3.8) is 0 Å². The van der Waals surface area contributed by atoms with Gasteiger partial charge in [-0.25, -0.2) is 4.98 Å². The zero-order chi connectivity index (χ0) is 18.8. The summed E-state index contributed by atoms with van der Waals surface area (Å²) in [6, 6.07) is 6.99. The summed E-state index contributed by atoms with van der Waals surface area (Å²) in [6.45, 7) is 5.79. The van der Waals surface area contributed by atoms with Crippen LogP contribution in [0.1, 0.15) is 41.5 Å². The summed E-state index contributed by atoms with van der Waals surface area (Å²) in [6.07, 6.45) is 0. The summed E-state index contributed by atoms with van der Waals surface area (Å²) < 4.78 is 15.8. The van der Waals surface area contributed by atoms with Gasteiger partial charge in [-0.3, -0.25) is 4.79 Å². The molecule has 2 heterocycles. The highest BCUT2D eigenvalue weighted by atomic mass is 16.5. The maximum absolute atomic E-state index is 13.0. The predicted octanol–water partition coefficient (Wildman–Crippen LogP) is 3.92. The number of carbonyl (C=O) groups excluding carboxylic acids is 1. The van der Waals surface area contributed by atoms with Gasteiger partial charge in [-0.05, 0) is 31.0 Å². The first-order valence-electron chi connectivity index (χ1n) is 8.25. The van der Waals surface area contributed by atoms with Crippen molar-refractivity contribution in [2.75, 3.05) is 19.5 Å². The lowest BCUT2D eigenvalue weighted by atomic mass is 10.0. The summed E-state index contributed by atoms with van der Waals surface area (Å²) in [4.78, 5) is 17.5. The Kier molecular flexibility index (Phi) is 4.79. The molecule has 1 amide bonds. The van der Waals surface area contributed by atoms with E-state index < -0.39 is 0 Å². The van der Waals surface area contributed by atoms with E-state index in [1.165, 1.54) is 0 Å². The van der Waals surface area contributed by atoms with Gasteiger partial charge in [0, 0.05) is 11.8 Å². The van der Waals surface area contributed by atoms with E-state index in [-0.39, 0.29) is 11.8 Å². The zero-order valence-corrected chi connectivity index (χ0v) is 15.4. The van der Waals surface area contributed by atoms with Gasteiger partial charge < -0.3 is 19.3 Å². The van der Waals surface area contributed by atoms with Crippen LogP contribution in [0.15, 0.2) is 28.8 Å². The quantitative estimate of drug-likeness (QED) is 0.746. The molecule has 1 aromatic carbocycles. The fourth-order valence-electron chi connectivity index (χ4n) is 2.69. The van der Waals surface area contributed by atoms with Crippen molar-refractivity contribution < 1.29 is 18.8 Å². The highest BCUT2D eigenvalue weighted by Crippen LogP contribution is 2.31. The summed E-state index contributed by atoms with van der Waals surface area (Å²) in [5, 5.41) is 7.44. The topological polar surface area (TPSA) is 86.5 Å². The Hall–Kier alpha value is -3.09. The number of carbonyl (C=O) groups is 1.